The minimum absolute atomic E-state index is 0.00866. The number of anilines is 5. The number of imide groups is 1. The molecule has 2 aromatic heterocycles. The Morgan fingerprint density at radius 3 is 2.50 bits per heavy atom. The van der Waals surface area contributed by atoms with Crippen LogP contribution >= 0.6 is 22.9 Å². The van der Waals surface area contributed by atoms with E-state index in [1.54, 1.807) is 36.1 Å². The molecule has 302 valence electrons. The van der Waals surface area contributed by atoms with Gasteiger partial charge in [0.25, 0.3) is 11.8 Å². The molecule has 2 fully saturated rings. The van der Waals surface area contributed by atoms with Gasteiger partial charge in [0.05, 0.1) is 16.9 Å². The number of rotatable bonds is 12. The van der Waals surface area contributed by atoms with Gasteiger partial charge >= 0.3 is 0 Å². The minimum atomic E-state index is -1.47. The number of unbranched alkanes of at least 4 members (excludes halogenated alkanes) is 1. The van der Waals surface area contributed by atoms with Crippen molar-refractivity contribution in [2.75, 3.05) is 47.0 Å². The predicted molar refractivity (Wildman–Crippen MR) is 216 cm³/mol. The highest BCUT2D eigenvalue weighted by Crippen LogP contribution is 2.39. The molecule has 7 rings (SSSR count). The molecule has 3 aliphatic heterocycles. The number of nitrogens with zero attached hydrogens (tertiary/aromatic N) is 6. The molecule has 0 saturated carbocycles. The number of hydrogen-bond donors (Lipinski definition) is 5. The highest BCUT2D eigenvalue weighted by molar-refractivity contribution is 7.17. The van der Waals surface area contributed by atoms with Crippen molar-refractivity contribution >= 4 is 86.5 Å². The highest BCUT2D eigenvalue weighted by Gasteiger charge is 2.45. The average molecular weight is 829 g/mol. The number of amides is 6. The quantitative estimate of drug-likeness (QED) is 0.0998. The van der Waals surface area contributed by atoms with Crippen molar-refractivity contribution in [1.29, 1.82) is 0 Å². The zero-order chi connectivity index (χ0) is 41.1. The van der Waals surface area contributed by atoms with Crippen molar-refractivity contribution in [2.24, 2.45) is 0 Å². The Balaban J connectivity index is 0.856. The SMILES string of the molecule is Cc1nc(Nc2ncc(C(=O)Nc3c(C)cccc3Cl)s2)cc(N2CCN(C(=O)CCCCC(=O)Nc3cccc4c3C(O)N(C3CCC(=O)NC3=O)C4=O)CC2)n1. The molecule has 17 nitrogen and oxygen atoms in total. The lowest BCUT2D eigenvalue weighted by molar-refractivity contribution is -0.139. The molecular weight excluding hydrogens is 788 g/mol. The Labute approximate surface area is 342 Å². The van der Waals surface area contributed by atoms with E-state index in [1.807, 2.05) is 19.1 Å². The number of thiazole rings is 1. The fraction of sp³-hybridized carbons (Fsp3) is 0.359. The lowest BCUT2D eigenvalue weighted by atomic mass is 10.0. The number of aromatic nitrogens is 3. The first-order chi connectivity index (χ1) is 27.9. The van der Waals surface area contributed by atoms with Crippen molar-refractivity contribution in [3.05, 3.63) is 81.1 Å². The Morgan fingerprint density at radius 2 is 1.74 bits per heavy atom. The normalized spacial score (nSPS) is 17.9. The second kappa shape index (κ2) is 17.3. The number of benzene rings is 2. The van der Waals surface area contributed by atoms with Crippen LogP contribution in [0.25, 0.3) is 0 Å². The van der Waals surface area contributed by atoms with Crippen LogP contribution in [0.5, 0.6) is 0 Å². The number of aryl methyl sites for hydroxylation is 2. The third kappa shape index (κ3) is 8.78. The molecule has 0 spiro atoms. The zero-order valence-electron chi connectivity index (χ0n) is 31.7. The summed E-state index contributed by atoms with van der Waals surface area (Å²) in [6.45, 7) is 5.76. The predicted octanol–water partition coefficient (Wildman–Crippen LogP) is 4.30. The van der Waals surface area contributed by atoms with Crippen molar-refractivity contribution in [2.45, 2.75) is 64.6 Å². The topological polar surface area (TPSA) is 219 Å². The maximum absolute atomic E-state index is 13.2. The number of para-hydroxylation sites is 1. The van der Waals surface area contributed by atoms with Crippen LogP contribution in [0.2, 0.25) is 5.02 Å². The largest absolute Gasteiger partial charge is 0.369 e. The molecule has 0 bridgehead atoms. The van der Waals surface area contributed by atoms with Gasteiger partial charge in [-0.25, -0.2) is 15.0 Å². The molecule has 5 N–H and O–H groups in total. The number of carbonyl (C=O) groups is 6. The van der Waals surface area contributed by atoms with Gasteiger partial charge in [-0.1, -0.05) is 41.1 Å². The number of hydrogen-bond acceptors (Lipinski definition) is 13. The lowest BCUT2D eigenvalue weighted by Gasteiger charge is -2.35. The van der Waals surface area contributed by atoms with E-state index in [-0.39, 0.29) is 60.2 Å². The van der Waals surface area contributed by atoms with E-state index in [4.69, 9.17) is 11.6 Å². The number of nitrogens with one attached hydrogen (secondary N) is 4. The number of aliphatic hydroxyl groups excluding tert-OH is 1. The second-order valence-electron chi connectivity index (χ2n) is 14.1. The Morgan fingerprint density at radius 1 is 0.983 bits per heavy atom. The number of fused-ring (bicyclic) bond motifs is 1. The van der Waals surface area contributed by atoms with Crippen LogP contribution in [-0.4, -0.2) is 97.5 Å². The summed E-state index contributed by atoms with van der Waals surface area (Å²) in [5.41, 5.74) is 2.03. The van der Waals surface area contributed by atoms with Gasteiger partial charge in [-0.05, 0) is 56.9 Å². The van der Waals surface area contributed by atoms with Gasteiger partial charge in [0, 0.05) is 68.3 Å². The van der Waals surface area contributed by atoms with Gasteiger partial charge in [-0.3, -0.25) is 39.0 Å². The number of halogens is 1. The number of piperidine rings is 1. The van der Waals surface area contributed by atoms with Crippen LogP contribution in [0.1, 0.15) is 81.7 Å². The standard InChI is InChI=1S/C39H41ClN10O7S/c1-21-7-5-9-24(40)34(21)47-36(55)27-20-41-39(58-27)45-28-19-29(43-22(2)42-28)48-15-17-49(18-16-48)32(53)12-4-3-11-30(51)44-25-10-6-8-23-33(25)38(57)50(37(23)56)26-13-14-31(52)46-35(26)54/h5-10,19-20,26,38,57H,3-4,11-18H2,1-2H3,(H,44,51)(H,47,55)(H,46,52,54)(H,41,42,43,45). The first-order valence-corrected chi connectivity index (χ1v) is 20.0. The summed E-state index contributed by atoms with van der Waals surface area (Å²) in [6.07, 6.45) is 1.47. The average Bonchev–Trinajstić information content (AvgIpc) is 3.76. The molecule has 0 radical (unpaired) electrons. The maximum Gasteiger partial charge on any atom is 0.267 e. The lowest BCUT2D eigenvalue weighted by Crippen LogP contribution is -2.53. The van der Waals surface area contributed by atoms with Gasteiger partial charge in [0.1, 0.15) is 28.4 Å². The van der Waals surface area contributed by atoms with E-state index in [0.717, 1.165) is 10.5 Å². The number of aliphatic hydroxyl groups is 1. The maximum atomic E-state index is 13.2. The van der Waals surface area contributed by atoms with Crippen molar-refractivity contribution in [1.82, 2.24) is 30.1 Å². The molecular formula is C39H41ClN10O7S. The Kier molecular flexibility index (Phi) is 12.0. The smallest absolute Gasteiger partial charge is 0.267 e. The van der Waals surface area contributed by atoms with Crippen LogP contribution in [0.3, 0.4) is 0 Å². The monoisotopic (exact) mass is 828 g/mol. The molecule has 0 aliphatic carbocycles. The minimum Gasteiger partial charge on any atom is -0.369 e. The fourth-order valence-electron chi connectivity index (χ4n) is 7.19. The van der Waals surface area contributed by atoms with Crippen LogP contribution < -0.4 is 26.2 Å². The summed E-state index contributed by atoms with van der Waals surface area (Å²) in [5, 5.41) is 23.0. The van der Waals surface area contributed by atoms with Crippen molar-refractivity contribution < 1.29 is 33.9 Å². The molecule has 2 aromatic carbocycles. The second-order valence-corrected chi connectivity index (χ2v) is 15.6. The summed E-state index contributed by atoms with van der Waals surface area (Å²) in [7, 11) is 0. The van der Waals surface area contributed by atoms with Gasteiger partial charge in [0.2, 0.25) is 23.6 Å². The van der Waals surface area contributed by atoms with Crippen molar-refractivity contribution in [3.8, 4) is 0 Å². The fourth-order valence-corrected chi connectivity index (χ4v) is 8.18. The first kappa shape index (κ1) is 40.2. The zero-order valence-corrected chi connectivity index (χ0v) is 33.3. The van der Waals surface area contributed by atoms with E-state index >= 15 is 0 Å². The summed E-state index contributed by atoms with van der Waals surface area (Å²) in [6, 6.07) is 10.9. The molecule has 4 aromatic rings. The van der Waals surface area contributed by atoms with Crippen LogP contribution in [0.4, 0.5) is 28.1 Å². The molecule has 19 heteroatoms. The molecule has 2 unspecified atom stereocenters. The summed E-state index contributed by atoms with van der Waals surface area (Å²) in [5.74, 6) is -0.566. The molecule has 6 amide bonds. The third-order valence-corrected chi connectivity index (χ3v) is 11.4. The Hall–Kier alpha value is -5.98. The van der Waals surface area contributed by atoms with E-state index in [1.165, 1.54) is 23.6 Å². The van der Waals surface area contributed by atoms with Crippen LogP contribution in [0.15, 0.2) is 48.7 Å². The van der Waals surface area contributed by atoms with Gasteiger partial charge in [-0.2, -0.15) is 0 Å². The molecule has 2 atom stereocenters. The van der Waals surface area contributed by atoms with Crippen molar-refractivity contribution in [3.63, 3.8) is 0 Å². The molecule has 58 heavy (non-hydrogen) atoms. The van der Waals surface area contributed by atoms with Gasteiger partial charge in [0.15, 0.2) is 11.4 Å². The summed E-state index contributed by atoms with van der Waals surface area (Å²) < 4.78 is 0. The molecule has 5 heterocycles. The first-order valence-electron chi connectivity index (χ1n) is 18.8. The third-order valence-electron chi connectivity index (χ3n) is 10.2. The van der Waals surface area contributed by atoms with E-state index in [0.29, 0.717) is 77.2 Å². The van der Waals surface area contributed by atoms with Gasteiger partial charge in [-0.15, -0.1) is 0 Å². The summed E-state index contributed by atoms with van der Waals surface area (Å²) >= 11 is 7.45. The molecule has 2 saturated heterocycles. The highest BCUT2D eigenvalue weighted by atomic mass is 35.5. The van der Waals surface area contributed by atoms with Crippen LogP contribution in [0, 0.1) is 13.8 Å². The summed E-state index contributed by atoms with van der Waals surface area (Å²) in [4.78, 5) is 94.9. The number of piperazine rings is 1. The van der Waals surface area contributed by atoms with E-state index in [2.05, 4.69) is 41.1 Å². The number of carbonyl (C=O) groups excluding carboxylic acids is 6. The van der Waals surface area contributed by atoms with E-state index < -0.39 is 30.0 Å². The van der Waals surface area contributed by atoms with Gasteiger partial charge < -0.3 is 30.9 Å². The van der Waals surface area contributed by atoms with Crippen LogP contribution in [-0.2, 0) is 19.2 Å². The Bertz CT molecular complexity index is 2280. The molecule has 3 aliphatic rings. The van der Waals surface area contributed by atoms with E-state index in [9.17, 15) is 33.9 Å².